The van der Waals surface area contributed by atoms with E-state index >= 15 is 0 Å². The second-order valence-corrected chi connectivity index (χ2v) is 6.31. The van der Waals surface area contributed by atoms with Crippen LogP contribution in [0.4, 0.5) is 11.6 Å². The number of aryl methyl sites for hydroxylation is 1. The third-order valence-corrected chi connectivity index (χ3v) is 4.26. The minimum atomic E-state index is -0.231. The number of carbonyl (C=O) groups excluding carboxylic acids is 1. The van der Waals surface area contributed by atoms with E-state index in [0.717, 1.165) is 11.1 Å². The molecule has 0 fully saturated rings. The van der Waals surface area contributed by atoms with E-state index in [1.807, 2.05) is 31.2 Å². The third-order valence-electron chi connectivity index (χ3n) is 4.02. The van der Waals surface area contributed by atoms with Gasteiger partial charge in [-0.1, -0.05) is 35.9 Å². The molecule has 6 nitrogen and oxygen atoms in total. The van der Waals surface area contributed by atoms with Crippen LogP contribution in [0.5, 0.6) is 5.75 Å². The van der Waals surface area contributed by atoms with E-state index in [-0.39, 0.29) is 5.91 Å². The molecular weight excluding hydrogens is 364 g/mol. The van der Waals surface area contributed by atoms with Crippen LogP contribution in [0.1, 0.15) is 21.5 Å². The van der Waals surface area contributed by atoms with Crippen LogP contribution in [-0.4, -0.2) is 23.0 Å². The fourth-order valence-electron chi connectivity index (χ4n) is 2.49. The van der Waals surface area contributed by atoms with Gasteiger partial charge in [-0.2, -0.15) is 0 Å². The molecule has 1 heterocycles. The molecule has 0 aliphatic heterocycles. The van der Waals surface area contributed by atoms with Crippen molar-refractivity contribution in [2.24, 2.45) is 0 Å². The standard InChI is InChI=1S/C20H19ClN4O2/c1-13-5-3-4-6-14(13)10-22-19(26)15-11-23-20(24-12-15)25-17-9-16(21)7-8-18(17)27-2/h3-9,11-12H,10H2,1-2H3,(H,22,26)(H,23,24,25). The highest BCUT2D eigenvalue weighted by Gasteiger charge is 2.10. The van der Waals surface area contributed by atoms with Gasteiger partial charge in [-0.3, -0.25) is 4.79 Å². The smallest absolute Gasteiger partial charge is 0.254 e. The number of amides is 1. The molecule has 7 heteroatoms. The van der Waals surface area contributed by atoms with Gasteiger partial charge in [0.1, 0.15) is 5.75 Å². The van der Waals surface area contributed by atoms with Crippen molar-refractivity contribution in [3.63, 3.8) is 0 Å². The summed E-state index contributed by atoms with van der Waals surface area (Å²) in [6.07, 6.45) is 2.94. The van der Waals surface area contributed by atoms with Crippen LogP contribution in [0.3, 0.4) is 0 Å². The minimum absolute atomic E-state index is 0.231. The Morgan fingerprint density at radius 1 is 1.15 bits per heavy atom. The van der Waals surface area contributed by atoms with E-state index in [4.69, 9.17) is 16.3 Å². The molecule has 3 rings (SSSR count). The van der Waals surface area contributed by atoms with Crippen LogP contribution in [-0.2, 0) is 6.54 Å². The van der Waals surface area contributed by atoms with Crippen molar-refractivity contribution in [1.29, 1.82) is 0 Å². The largest absolute Gasteiger partial charge is 0.495 e. The number of rotatable bonds is 6. The lowest BCUT2D eigenvalue weighted by molar-refractivity contribution is 0.0950. The number of nitrogens with zero attached hydrogens (tertiary/aromatic N) is 2. The lowest BCUT2D eigenvalue weighted by atomic mass is 10.1. The molecule has 0 aliphatic carbocycles. The van der Waals surface area contributed by atoms with Crippen molar-refractivity contribution < 1.29 is 9.53 Å². The van der Waals surface area contributed by atoms with Crippen molar-refractivity contribution >= 4 is 29.1 Å². The van der Waals surface area contributed by atoms with Crippen LogP contribution in [0.15, 0.2) is 54.9 Å². The van der Waals surface area contributed by atoms with Crippen LogP contribution < -0.4 is 15.4 Å². The van der Waals surface area contributed by atoms with Crippen LogP contribution >= 0.6 is 11.6 Å². The van der Waals surface area contributed by atoms with Crippen molar-refractivity contribution in [2.45, 2.75) is 13.5 Å². The van der Waals surface area contributed by atoms with Gasteiger partial charge >= 0.3 is 0 Å². The highest BCUT2D eigenvalue weighted by molar-refractivity contribution is 6.31. The Balaban J connectivity index is 1.65. The second kappa shape index (κ2) is 8.51. The first-order chi connectivity index (χ1) is 13.1. The monoisotopic (exact) mass is 382 g/mol. The van der Waals surface area contributed by atoms with E-state index in [0.29, 0.717) is 34.5 Å². The molecule has 2 N–H and O–H groups in total. The molecule has 1 amide bonds. The first kappa shape index (κ1) is 18.7. The van der Waals surface area contributed by atoms with Crippen LogP contribution in [0.25, 0.3) is 0 Å². The molecule has 0 spiro atoms. The van der Waals surface area contributed by atoms with Gasteiger partial charge in [0.15, 0.2) is 0 Å². The summed E-state index contributed by atoms with van der Waals surface area (Å²) in [7, 11) is 1.57. The fraction of sp³-hybridized carbons (Fsp3) is 0.150. The first-order valence-electron chi connectivity index (χ1n) is 8.32. The number of halogens is 1. The highest BCUT2D eigenvalue weighted by Crippen LogP contribution is 2.29. The highest BCUT2D eigenvalue weighted by atomic mass is 35.5. The van der Waals surface area contributed by atoms with E-state index in [1.165, 1.54) is 12.4 Å². The van der Waals surface area contributed by atoms with E-state index < -0.39 is 0 Å². The number of aromatic nitrogens is 2. The zero-order valence-electron chi connectivity index (χ0n) is 15.0. The van der Waals surface area contributed by atoms with Gasteiger partial charge in [-0.15, -0.1) is 0 Å². The van der Waals surface area contributed by atoms with Crippen molar-refractivity contribution in [1.82, 2.24) is 15.3 Å². The zero-order valence-corrected chi connectivity index (χ0v) is 15.7. The summed E-state index contributed by atoms with van der Waals surface area (Å²) in [4.78, 5) is 20.7. The maximum absolute atomic E-state index is 12.3. The number of methoxy groups -OCH3 is 1. The normalized spacial score (nSPS) is 10.3. The van der Waals surface area contributed by atoms with Crippen molar-refractivity contribution in [2.75, 3.05) is 12.4 Å². The molecule has 0 radical (unpaired) electrons. The maximum atomic E-state index is 12.3. The summed E-state index contributed by atoms with van der Waals surface area (Å²) in [5.41, 5.74) is 3.22. The van der Waals surface area contributed by atoms with Crippen molar-refractivity contribution in [3.05, 3.63) is 76.6 Å². The summed E-state index contributed by atoms with van der Waals surface area (Å²) in [5.74, 6) is 0.721. The molecule has 0 atom stereocenters. The molecular formula is C20H19ClN4O2. The van der Waals surface area contributed by atoms with E-state index in [2.05, 4.69) is 20.6 Å². The molecule has 0 saturated heterocycles. The SMILES string of the molecule is COc1ccc(Cl)cc1Nc1ncc(C(=O)NCc2ccccc2C)cn1. The van der Waals surface area contributed by atoms with Gasteiger partial charge in [-0.25, -0.2) is 9.97 Å². The molecule has 1 aromatic heterocycles. The Hall–Kier alpha value is -3.12. The quantitative estimate of drug-likeness (QED) is 0.670. The Morgan fingerprint density at radius 2 is 1.89 bits per heavy atom. The number of hydrogen-bond donors (Lipinski definition) is 2. The van der Waals surface area contributed by atoms with Gasteiger partial charge in [0, 0.05) is 24.0 Å². The predicted molar refractivity (Wildman–Crippen MR) is 106 cm³/mol. The molecule has 0 unspecified atom stereocenters. The average Bonchev–Trinajstić information content (AvgIpc) is 2.68. The second-order valence-electron chi connectivity index (χ2n) is 5.87. The maximum Gasteiger partial charge on any atom is 0.254 e. The van der Waals surface area contributed by atoms with Gasteiger partial charge in [-0.05, 0) is 36.2 Å². The number of anilines is 2. The molecule has 0 aliphatic rings. The Morgan fingerprint density at radius 3 is 2.59 bits per heavy atom. The van der Waals surface area contributed by atoms with E-state index in [1.54, 1.807) is 25.3 Å². The van der Waals surface area contributed by atoms with Crippen molar-refractivity contribution in [3.8, 4) is 5.75 Å². The number of carbonyl (C=O) groups is 1. The fourth-order valence-corrected chi connectivity index (χ4v) is 2.67. The summed E-state index contributed by atoms with van der Waals surface area (Å²) >= 11 is 6.01. The Kier molecular flexibility index (Phi) is 5.88. The molecule has 0 saturated carbocycles. The molecule has 27 heavy (non-hydrogen) atoms. The van der Waals surface area contributed by atoms with Gasteiger partial charge < -0.3 is 15.4 Å². The number of nitrogens with one attached hydrogen (secondary N) is 2. The van der Waals surface area contributed by atoms with Gasteiger partial charge in [0.2, 0.25) is 5.95 Å². The summed E-state index contributed by atoms with van der Waals surface area (Å²) < 4.78 is 5.28. The van der Waals surface area contributed by atoms with Crippen LogP contribution in [0, 0.1) is 6.92 Å². The molecule has 2 aromatic carbocycles. The predicted octanol–water partition coefficient (Wildman–Crippen LogP) is 4.12. The molecule has 0 bridgehead atoms. The van der Waals surface area contributed by atoms with E-state index in [9.17, 15) is 4.79 Å². The molecule has 138 valence electrons. The van der Waals surface area contributed by atoms with Gasteiger partial charge in [0.05, 0.1) is 18.4 Å². The van der Waals surface area contributed by atoms with Crippen LogP contribution in [0.2, 0.25) is 5.02 Å². The number of ether oxygens (including phenoxy) is 1. The lowest BCUT2D eigenvalue weighted by Crippen LogP contribution is -2.23. The summed E-state index contributed by atoms with van der Waals surface area (Å²) in [6, 6.07) is 13.1. The summed E-state index contributed by atoms with van der Waals surface area (Å²) in [5, 5.41) is 6.47. The van der Waals surface area contributed by atoms with Gasteiger partial charge in [0.25, 0.3) is 5.91 Å². The summed E-state index contributed by atoms with van der Waals surface area (Å²) in [6.45, 7) is 2.46. The molecule has 3 aromatic rings. The Labute approximate surface area is 162 Å². The lowest BCUT2D eigenvalue weighted by Gasteiger charge is -2.11. The third kappa shape index (κ3) is 4.74. The minimum Gasteiger partial charge on any atom is -0.495 e. The zero-order chi connectivity index (χ0) is 19.2. The first-order valence-corrected chi connectivity index (χ1v) is 8.70. The average molecular weight is 383 g/mol. The topological polar surface area (TPSA) is 76.1 Å². The number of hydrogen-bond acceptors (Lipinski definition) is 5. The Bertz CT molecular complexity index is 945. The number of benzene rings is 2.